The molecule has 0 heterocycles. The zero-order valence-electron chi connectivity index (χ0n) is 20.9. The van der Waals surface area contributed by atoms with Crippen molar-refractivity contribution in [3.63, 3.8) is 0 Å². The van der Waals surface area contributed by atoms with Gasteiger partial charge in [0.2, 0.25) is 5.78 Å². The largest absolute Gasteiger partial charge is 0.510 e. The van der Waals surface area contributed by atoms with E-state index in [-0.39, 0.29) is 36.3 Å². The highest BCUT2D eigenvalue weighted by Gasteiger charge is 2.63. The standard InChI is InChI=1S/C28H29N3O7/c1-31(2)21-17-10-13-8-16-15(12-6-4-3-5-7-12)9-14(11-29)22(32)19(16)23(33)18(13)25(35)28(17,38)26(36)20(24(21)34)27(30)37/h3-7,9,13,17,21,32,34-35,38H,8,10-11,29H2,1-2H3,(H2,30,37)/t13-,17-,21-,28+/m1/s1. The van der Waals surface area contributed by atoms with Crippen LogP contribution in [0.15, 0.2) is 59.1 Å². The number of rotatable bonds is 4. The van der Waals surface area contributed by atoms with Crippen molar-refractivity contribution in [1.82, 2.24) is 4.90 Å². The van der Waals surface area contributed by atoms with Crippen LogP contribution in [0.4, 0.5) is 0 Å². The Kier molecular flexibility index (Phi) is 5.94. The molecule has 0 saturated heterocycles. The van der Waals surface area contributed by atoms with Crippen LogP contribution < -0.4 is 11.5 Å². The van der Waals surface area contributed by atoms with E-state index in [1.165, 1.54) is 4.90 Å². The molecule has 10 nitrogen and oxygen atoms in total. The summed E-state index contributed by atoms with van der Waals surface area (Å²) < 4.78 is 0. The monoisotopic (exact) mass is 519 g/mol. The first-order valence-electron chi connectivity index (χ1n) is 12.2. The molecule has 2 aromatic rings. The fourth-order valence-corrected chi connectivity index (χ4v) is 6.41. The molecule has 4 atom stereocenters. The van der Waals surface area contributed by atoms with Crippen molar-refractivity contribution in [2.45, 2.75) is 31.0 Å². The average Bonchev–Trinajstić information content (AvgIpc) is 2.86. The van der Waals surface area contributed by atoms with E-state index in [1.807, 2.05) is 30.3 Å². The second-order valence-electron chi connectivity index (χ2n) is 10.3. The van der Waals surface area contributed by atoms with Crippen LogP contribution in [0.2, 0.25) is 0 Å². The lowest BCUT2D eigenvalue weighted by atomic mass is 9.58. The maximum absolute atomic E-state index is 13.9. The summed E-state index contributed by atoms with van der Waals surface area (Å²) in [6.07, 6.45) is 0.233. The second kappa shape index (κ2) is 8.80. The van der Waals surface area contributed by atoms with Gasteiger partial charge in [-0.25, -0.2) is 0 Å². The van der Waals surface area contributed by atoms with Gasteiger partial charge in [0, 0.05) is 23.6 Å². The summed E-state index contributed by atoms with van der Waals surface area (Å²) in [5, 5.41) is 45.0. The van der Waals surface area contributed by atoms with Gasteiger partial charge in [-0.2, -0.15) is 0 Å². The minimum absolute atomic E-state index is 0.0272. The highest BCUT2D eigenvalue weighted by Crippen LogP contribution is 2.53. The molecule has 0 unspecified atom stereocenters. The number of nitrogens with zero attached hydrogens (tertiary/aromatic N) is 1. The van der Waals surface area contributed by atoms with Crippen LogP contribution in [0.5, 0.6) is 5.75 Å². The van der Waals surface area contributed by atoms with E-state index >= 15 is 0 Å². The summed E-state index contributed by atoms with van der Waals surface area (Å²) >= 11 is 0. The molecule has 3 aliphatic rings. The number of hydrogen-bond acceptors (Lipinski definition) is 9. The number of amides is 1. The highest BCUT2D eigenvalue weighted by molar-refractivity contribution is 6.25. The Labute approximate surface area is 218 Å². The molecule has 0 bridgehead atoms. The van der Waals surface area contributed by atoms with Gasteiger partial charge in [-0.15, -0.1) is 0 Å². The zero-order chi connectivity index (χ0) is 27.7. The Balaban J connectivity index is 1.76. The molecule has 0 aromatic heterocycles. The number of nitrogens with two attached hydrogens (primary N) is 2. The number of benzene rings is 2. The number of aromatic hydroxyl groups is 1. The first kappa shape index (κ1) is 25.7. The molecule has 0 saturated carbocycles. The molecule has 0 aliphatic heterocycles. The molecule has 2 aromatic carbocycles. The molecule has 198 valence electrons. The van der Waals surface area contributed by atoms with E-state index in [1.54, 1.807) is 20.2 Å². The fraction of sp³-hybridized carbons (Fsp3) is 0.321. The Morgan fingerprint density at radius 3 is 2.37 bits per heavy atom. The third kappa shape index (κ3) is 3.34. The van der Waals surface area contributed by atoms with Gasteiger partial charge < -0.3 is 31.9 Å². The van der Waals surface area contributed by atoms with Crippen LogP contribution in [-0.4, -0.2) is 68.5 Å². The number of primary amides is 1. The summed E-state index contributed by atoms with van der Waals surface area (Å²) in [6.45, 7) is -0.0538. The van der Waals surface area contributed by atoms with Crippen molar-refractivity contribution >= 4 is 17.5 Å². The van der Waals surface area contributed by atoms with Crippen molar-refractivity contribution in [2.24, 2.45) is 23.3 Å². The number of hydrogen-bond donors (Lipinski definition) is 6. The van der Waals surface area contributed by atoms with E-state index in [0.29, 0.717) is 16.7 Å². The number of allylic oxidation sites excluding steroid dienone is 1. The highest BCUT2D eigenvalue weighted by atomic mass is 16.3. The number of carbonyl (C=O) groups is 3. The molecule has 5 rings (SSSR count). The Bertz CT molecular complexity index is 1460. The van der Waals surface area contributed by atoms with Gasteiger partial charge in [0.05, 0.1) is 11.6 Å². The van der Waals surface area contributed by atoms with E-state index in [9.17, 15) is 34.8 Å². The number of fused-ring (bicyclic) bond motifs is 3. The SMILES string of the molecule is CN(C)[C@H]1C(O)=C(C(N)=O)C(=O)[C@@]2(O)C(O)=C3C(=O)c4c(O)c(CN)cc(-c5ccccc5)c4C[C@@H]3C[C@H]12. The Hall–Kier alpha value is -3.99. The first-order chi connectivity index (χ1) is 17.9. The number of phenols is 1. The van der Waals surface area contributed by atoms with Gasteiger partial charge in [-0.3, -0.25) is 19.3 Å². The molecular weight excluding hydrogens is 490 g/mol. The van der Waals surface area contributed by atoms with Crippen LogP contribution >= 0.6 is 0 Å². The van der Waals surface area contributed by atoms with Crippen molar-refractivity contribution in [3.05, 3.63) is 75.8 Å². The quantitative estimate of drug-likeness (QED) is 0.323. The summed E-state index contributed by atoms with van der Waals surface area (Å²) in [5.41, 5.74) is 9.87. The molecule has 3 aliphatic carbocycles. The lowest BCUT2D eigenvalue weighted by Gasteiger charge is -2.50. The second-order valence-corrected chi connectivity index (χ2v) is 10.3. The molecule has 0 spiro atoms. The number of carbonyl (C=O) groups excluding carboxylic acids is 3. The zero-order valence-corrected chi connectivity index (χ0v) is 20.9. The predicted molar refractivity (Wildman–Crippen MR) is 137 cm³/mol. The van der Waals surface area contributed by atoms with Crippen molar-refractivity contribution in [1.29, 1.82) is 0 Å². The third-order valence-electron chi connectivity index (χ3n) is 8.11. The normalized spacial score (nSPS) is 26.8. The first-order valence-corrected chi connectivity index (χ1v) is 12.2. The molecular formula is C28H29N3O7. The molecule has 0 radical (unpaired) electrons. The van der Waals surface area contributed by atoms with E-state index < -0.39 is 58.0 Å². The lowest BCUT2D eigenvalue weighted by molar-refractivity contribution is -0.148. The number of aliphatic hydroxyl groups is 3. The Morgan fingerprint density at radius 1 is 1.13 bits per heavy atom. The van der Waals surface area contributed by atoms with Crippen molar-refractivity contribution < 1.29 is 34.8 Å². The van der Waals surface area contributed by atoms with Gasteiger partial charge in [0.15, 0.2) is 11.4 Å². The summed E-state index contributed by atoms with van der Waals surface area (Å²) in [7, 11) is 3.18. The third-order valence-corrected chi connectivity index (χ3v) is 8.11. The maximum Gasteiger partial charge on any atom is 0.255 e. The lowest BCUT2D eigenvalue weighted by Crippen LogP contribution is -2.63. The molecule has 8 N–H and O–H groups in total. The predicted octanol–water partition coefficient (Wildman–Crippen LogP) is 1.25. The van der Waals surface area contributed by atoms with E-state index in [2.05, 4.69) is 0 Å². The minimum atomic E-state index is -2.67. The average molecular weight is 520 g/mol. The topological polar surface area (TPSA) is 187 Å². The van der Waals surface area contributed by atoms with Crippen LogP contribution in [0, 0.1) is 11.8 Å². The minimum Gasteiger partial charge on any atom is -0.510 e. The number of phenolic OH excluding ortho intramolecular Hbond substituents is 1. The van der Waals surface area contributed by atoms with Gasteiger partial charge in [0.1, 0.15) is 22.8 Å². The molecule has 0 fully saturated rings. The Morgan fingerprint density at radius 2 is 1.79 bits per heavy atom. The fourth-order valence-electron chi connectivity index (χ4n) is 6.41. The van der Waals surface area contributed by atoms with Gasteiger partial charge in [0.25, 0.3) is 5.91 Å². The summed E-state index contributed by atoms with van der Waals surface area (Å²) in [4.78, 5) is 41.0. The summed E-state index contributed by atoms with van der Waals surface area (Å²) in [5.74, 6) is -6.80. The molecule has 38 heavy (non-hydrogen) atoms. The molecule has 10 heteroatoms. The summed E-state index contributed by atoms with van der Waals surface area (Å²) in [6, 6.07) is 9.99. The number of Topliss-reactive ketones (excluding diaryl/α,β-unsaturated/α-hetero) is 2. The number of ketones is 2. The smallest absolute Gasteiger partial charge is 0.255 e. The van der Waals surface area contributed by atoms with Gasteiger partial charge >= 0.3 is 0 Å². The van der Waals surface area contributed by atoms with E-state index in [0.717, 1.165) is 5.56 Å². The van der Waals surface area contributed by atoms with Gasteiger partial charge in [-0.1, -0.05) is 30.3 Å². The van der Waals surface area contributed by atoms with Crippen LogP contribution in [0.3, 0.4) is 0 Å². The van der Waals surface area contributed by atoms with Crippen LogP contribution in [0.25, 0.3) is 11.1 Å². The van der Waals surface area contributed by atoms with Crippen molar-refractivity contribution in [3.8, 4) is 16.9 Å². The van der Waals surface area contributed by atoms with Crippen LogP contribution in [0.1, 0.15) is 27.9 Å². The van der Waals surface area contributed by atoms with E-state index in [4.69, 9.17) is 11.5 Å². The molecule has 1 amide bonds. The number of likely N-dealkylation sites (N-methyl/N-ethyl adjacent to an activating group) is 1. The van der Waals surface area contributed by atoms with Gasteiger partial charge in [-0.05, 0) is 55.6 Å². The van der Waals surface area contributed by atoms with Crippen LogP contribution in [-0.2, 0) is 22.6 Å². The number of aliphatic hydroxyl groups excluding tert-OH is 2. The maximum atomic E-state index is 13.9. The van der Waals surface area contributed by atoms with Crippen molar-refractivity contribution in [2.75, 3.05) is 14.1 Å².